The second-order valence-corrected chi connectivity index (χ2v) is 4.31. The molecule has 0 unspecified atom stereocenters. The van der Waals surface area contributed by atoms with Gasteiger partial charge >= 0.3 is 0 Å². The number of hydrogen-bond donors (Lipinski definition) is 1. The monoisotopic (exact) mass is 245 g/mol. The highest BCUT2D eigenvalue weighted by atomic mass is 16.5. The van der Waals surface area contributed by atoms with E-state index in [1.165, 1.54) is 0 Å². The van der Waals surface area contributed by atoms with Crippen LogP contribution in [0.4, 0.5) is 0 Å². The zero-order valence-electron chi connectivity index (χ0n) is 11.1. The normalized spacial score (nSPS) is 10.7. The lowest BCUT2D eigenvalue weighted by Crippen LogP contribution is -1.95. The van der Waals surface area contributed by atoms with Gasteiger partial charge in [-0.2, -0.15) is 0 Å². The fourth-order valence-electron chi connectivity index (χ4n) is 2.09. The minimum Gasteiger partial charge on any atom is -0.494 e. The smallest absolute Gasteiger partial charge is 0.119 e. The van der Waals surface area contributed by atoms with Gasteiger partial charge in [0, 0.05) is 18.4 Å². The summed E-state index contributed by atoms with van der Waals surface area (Å²) in [5, 5.41) is 9.28. The molecule has 1 aromatic heterocycles. The van der Waals surface area contributed by atoms with E-state index >= 15 is 0 Å². The number of ether oxygens (including phenoxy) is 1. The van der Waals surface area contributed by atoms with Crippen LogP contribution in [0.2, 0.25) is 0 Å². The first kappa shape index (κ1) is 12.7. The molecule has 0 saturated carbocycles. The van der Waals surface area contributed by atoms with E-state index in [4.69, 9.17) is 4.74 Å². The highest BCUT2D eigenvalue weighted by Crippen LogP contribution is 2.26. The van der Waals surface area contributed by atoms with E-state index in [0.717, 1.165) is 28.3 Å². The van der Waals surface area contributed by atoms with Crippen molar-refractivity contribution in [2.45, 2.75) is 20.5 Å². The Morgan fingerprint density at radius 2 is 1.89 bits per heavy atom. The van der Waals surface area contributed by atoms with Gasteiger partial charge in [0.2, 0.25) is 0 Å². The summed E-state index contributed by atoms with van der Waals surface area (Å²) < 4.78 is 7.53. The maximum atomic E-state index is 9.28. The van der Waals surface area contributed by atoms with Crippen molar-refractivity contribution in [2.24, 2.45) is 7.05 Å². The van der Waals surface area contributed by atoms with E-state index in [1.54, 1.807) is 0 Å². The minimum absolute atomic E-state index is 0.0801. The fraction of sp³-hybridized carbons (Fsp3) is 0.333. The molecule has 96 valence electrons. The molecule has 0 aliphatic rings. The van der Waals surface area contributed by atoms with Crippen molar-refractivity contribution < 1.29 is 9.84 Å². The third-order valence-corrected chi connectivity index (χ3v) is 3.27. The predicted molar refractivity (Wildman–Crippen MR) is 72.7 cm³/mol. The van der Waals surface area contributed by atoms with Gasteiger partial charge in [0.05, 0.1) is 13.2 Å². The van der Waals surface area contributed by atoms with Crippen LogP contribution in [0.15, 0.2) is 30.3 Å². The topological polar surface area (TPSA) is 34.4 Å². The summed E-state index contributed by atoms with van der Waals surface area (Å²) in [4.78, 5) is 0. The molecule has 3 nitrogen and oxygen atoms in total. The number of rotatable bonds is 4. The Morgan fingerprint density at radius 1 is 1.22 bits per heavy atom. The zero-order valence-corrected chi connectivity index (χ0v) is 11.1. The zero-order chi connectivity index (χ0) is 13.1. The highest BCUT2D eigenvalue weighted by molar-refractivity contribution is 5.63. The van der Waals surface area contributed by atoms with Crippen LogP contribution < -0.4 is 4.74 Å². The first-order valence-electron chi connectivity index (χ1n) is 6.16. The average molecular weight is 245 g/mol. The molecular weight excluding hydrogens is 226 g/mol. The fourth-order valence-corrected chi connectivity index (χ4v) is 2.09. The molecule has 0 fully saturated rings. The Bertz CT molecular complexity index is 526. The standard InChI is InChI=1S/C15H19NO2/c1-4-18-14-7-5-12(6-8-14)15-9-13(10-17)11(2)16(15)3/h5-9,17H,4,10H2,1-3H3. The number of hydrogen-bond acceptors (Lipinski definition) is 2. The maximum Gasteiger partial charge on any atom is 0.119 e. The number of benzene rings is 1. The van der Waals surface area contributed by atoms with Gasteiger partial charge in [0.25, 0.3) is 0 Å². The minimum atomic E-state index is 0.0801. The Morgan fingerprint density at radius 3 is 2.39 bits per heavy atom. The first-order chi connectivity index (χ1) is 8.67. The highest BCUT2D eigenvalue weighted by Gasteiger charge is 2.09. The molecule has 3 heteroatoms. The molecule has 0 bridgehead atoms. The first-order valence-corrected chi connectivity index (χ1v) is 6.16. The van der Waals surface area contributed by atoms with Crippen LogP contribution >= 0.6 is 0 Å². The van der Waals surface area contributed by atoms with E-state index in [2.05, 4.69) is 4.57 Å². The second-order valence-electron chi connectivity index (χ2n) is 4.31. The van der Waals surface area contributed by atoms with Crippen molar-refractivity contribution in [3.8, 4) is 17.0 Å². The van der Waals surface area contributed by atoms with E-state index in [9.17, 15) is 5.11 Å². The molecule has 0 atom stereocenters. The third kappa shape index (κ3) is 2.27. The van der Waals surface area contributed by atoms with Crippen molar-refractivity contribution in [3.05, 3.63) is 41.6 Å². The van der Waals surface area contributed by atoms with Gasteiger partial charge in [-0.25, -0.2) is 0 Å². The van der Waals surface area contributed by atoms with Crippen LogP contribution in [0.25, 0.3) is 11.3 Å². The van der Waals surface area contributed by atoms with E-state index in [0.29, 0.717) is 6.61 Å². The maximum absolute atomic E-state index is 9.28. The molecule has 1 aromatic carbocycles. The lowest BCUT2D eigenvalue weighted by Gasteiger charge is -2.07. The van der Waals surface area contributed by atoms with Gasteiger partial charge in [0.1, 0.15) is 5.75 Å². The number of nitrogens with zero attached hydrogens (tertiary/aromatic N) is 1. The molecule has 2 rings (SSSR count). The van der Waals surface area contributed by atoms with E-state index < -0.39 is 0 Å². The van der Waals surface area contributed by atoms with Gasteiger partial charge in [-0.3, -0.25) is 0 Å². The number of aliphatic hydroxyl groups is 1. The van der Waals surface area contributed by atoms with Crippen molar-refractivity contribution >= 4 is 0 Å². The summed E-state index contributed by atoms with van der Waals surface area (Å²) in [6, 6.07) is 10.1. The van der Waals surface area contributed by atoms with Gasteiger partial charge in [-0.1, -0.05) is 0 Å². The van der Waals surface area contributed by atoms with Gasteiger partial charge < -0.3 is 14.4 Å². The van der Waals surface area contributed by atoms with Crippen LogP contribution in [0.1, 0.15) is 18.2 Å². The SMILES string of the molecule is CCOc1ccc(-c2cc(CO)c(C)n2C)cc1. The molecule has 2 aromatic rings. The molecular formula is C15H19NO2. The summed E-state index contributed by atoms with van der Waals surface area (Å²) in [5.74, 6) is 0.884. The summed E-state index contributed by atoms with van der Waals surface area (Å²) in [6.07, 6.45) is 0. The van der Waals surface area contributed by atoms with Crippen LogP contribution in [-0.2, 0) is 13.7 Å². The lowest BCUT2D eigenvalue weighted by atomic mass is 10.1. The van der Waals surface area contributed by atoms with E-state index in [-0.39, 0.29) is 6.61 Å². The number of aromatic nitrogens is 1. The molecule has 0 radical (unpaired) electrons. The van der Waals surface area contributed by atoms with Gasteiger partial charge in [-0.05, 0) is 55.3 Å². The van der Waals surface area contributed by atoms with Crippen LogP contribution in [0.3, 0.4) is 0 Å². The summed E-state index contributed by atoms with van der Waals surface area (Å²) in [5.41, 5.74) is 4.31. The quantitative estimate of drug-likeness (QED) is 0.898. The molecule has 0 saturated heterocycles. The lowest BCUT2D eigenvalue weighted by molar-refractivity contribution is 0.281. The van der Waals surface area contributed by atoms with Gasteiger partial charge in [-0.15, -0.1) is 0 Å². The molecule has 0 amide bonds. The molecule has 0 aliphatic heterocycles. The molecule has 1 heterocycles. The van der Waals surface area contributed by atoms with Crippen molar-refractivity contribution in [1.29, 1.82) is 0 Å². The Hall–Kier alpha value is -1.74. The molecule has 18 heavy (non-hydrogen) atoms. The summed E-state index contributed by atoms with van der Waals surface area (Å²) in [6.45, 7) is 4.75. The van der Waals surface area contributed by atoms with Crippen molar-refractivity contribution in [2.75, 3.05) is 6.61 Å². The van der Waals surface area contributed by atoms with Crippen molar-refractivity contribution in [1.82, 2.24) is 4.57 Å². The average Bonchev–Trinajstić information content (AvgIpc) is 2.68. The molecule has 0 spiro atoms. The summed E-state index contributed by atoms with van der Waals surface area (Å²) in [7, 11) is 2.01. The predicted octanol–water partition coefficient (Wildman–Crippen LogP) is 2.89. The van der Waals surface area contributed by atoms with Crippen LogP contribution in [0.5, 0.6) is 5.75 Å². The number of aliphatic hydroxyl groups excluding tert-OH is 1. The Kier molecular flexibility index (Phi) is 3.72. The molecule has 1 N–H and O–H groups in total. The van der Waals surface area contributed by atoms with E-state index in [1.807, 2.05) is 51.2 Å². The summed E-state index contributed by atoms with van der Waals surface area (Å²) >= 11 is 0. The van der Waals surface area contributed by atoms with Crippen LogP contribution in [0, 0.1) is 6.92 Å². The van der Waals surface area contributed by atoms with Crippen molar-refractivity contribution in [3.63, 3.8) is 0 Å². The second kappa shape index (κ2) is 5.27. The van der Waals surface area contributed by atoms with Gasteiger partial charge in [0.15, 0.2) is 0 Å². The van der Waals surface area contributed by atoms with Crippen LogP contribution in [-0.4, -0.2) is 16.3 Å². The third-order valence-electron chi connectivity index (χ3n) is 3.27. The molecule has 0 aliphatic carbocycles. The Labute approximate surface area is 108 Å². The Balaban J connectivity index is 2.36. The largest absolute Gasteiger partial charge is 0.494 e.